The lowest BCUT2D eigenvalue weighted by atomic mass is 10.2. The lowest BCUT2D eigenvalue weighted by Gasteiger charge is -2.10. The van der Waals surface area contributed by atoms with E-state index in [1.165, 1.54) is 4.21 Å². The molecule has 1 aromatic carbocycles. The van der Waals surface area contributed by atoms with Crippen LogP contribution in [0.3, 0.4) is 0 Å². The van der Waals surface area contributed by atoms with Gasteiger partial charge >= 0.3 is 0 Å². The smallest absolute Gasteiger partial charge is 0.225 e. The summed E-state index contributed by atoms with van der Waals surface area (Å²) < 4.78 is 1.20. The second-order valence-electron chi connectivity index (χ2n) is 3.93. The van der Waals surface area contributed by atoms with E-state index in [4.69, 9.17) is 28.9 Å². The number of carbonyl (C=O) groups excluding carboxylic acids is 1. The Labute approximate surface area is 135 Å². The van der Waals surface area contributed by atoms with Gasteiger partial charge in [0.2, 0.25) is 5.91 Å². The van der Waals surface area contributed by atoms with Crippen LogP contribution in [0.25, 0.3) is 0 Å². The van der Waals surface area contributed by atoms with E-state index in [9.17, 15) is 4.79 Å². The molecule has 0 spiro atoms. The summed E-state index contributed by atoms with van der Waals surface area (Å²) in [5.74, 6) is 0.585. The van der Waals surface area contributed by atoms with Crippen LogP contribution in [0.4, 0.5) is 11.4 Å². The molecule has 3 N–H and O–H groups in total. The highest BCUT2D eigenvalue weighted by atomic mass is 35.5. The predicted octanol–water partition coefficient (Wildman–Crippen LogP) is 4.76. The summed E-state index contributed by atoms with van der Waals surface area (Å²) in [6.45, 7) is 0. The van der Waals surface area contributed by atoms with Crippen molar-refractivity contribution in [3.05, 3.63) is 39.7 Å². The molecule has 0 aliphatic rings. The number of carbonyl (C=O) groups is 1. The number of thioether (sulfide) groups is 1. The summed E-state index contributed by atoms with van der Waals surface area (Å²) in [5.41, 5.74) is 6.57. The normalized spacial score (nSPS) is 10.5. The van der Waals surface area contributed by atoms with Crippen molar-refractivity contribution < 1.29 is 4.79 Å². The lowest BCUT2D eigenvalue weighted by Crippen LogP contribution is -2.13. The van der Waals surface area contributed by atoms with Gasteiger partial charge in [-0.3, -0.25) is 4.79 Å². The molecule has 1 heterocycles. The number of amides is 1. The second kappa shape index (κ2) is 7.22. The number of nitrogens with two attached hydrogens (primary N) is 1. The van der Waals surface area contributed by atoms with Crippen molar-refractivity contribution in [1.82, 2.24) is 0 Å². The molecular formula is C13H12Cl2N2OS2. The Kier molecular flexibility index (Phi) is 5.60. The Hall–Kier alpha value is -0.880. The molecule has 3 nitrogen and oxygen atoms in total. The molecule has 0 atom stereocenters. The van der Waals surface area contributed by atoms with Gasteiger partial charge in [0.1, 0.15) is 0 Å². The van der Waals surface area contributed by atoms with E-state index < -0.39 is 0 Å². The summed E-state index contributed by atoms with van der Waals surface area (Å²) >= 11 is 15.1. The number of halogens is 2. The van der Waals surface area contributed by atoms with Crippen LogP contribution >= 0.6 is 46.3 Å². The maximum Gasteiger partial charge on any atom is 0.225 e. The average molecular weight is 347 g/mol. The Morgan fingerprint density at radius 3 is 2.85 bits per heavy atom. The molecule has 0 radical (unpaired) electrons. The molecule has 0 saturated carbocycles. The highest BCUT2D eigenvalue weighted by molar-refractivity contribution is 8.01. The zero-order valence-electron chi connectivity index (χ0n) is 10.4. The van der Waals surface area contributed by atoms with Gasteiger partial charge in [0, 0.05) is 17.2 Å². The number of hydrogen-bond acceptors (Lipinski definition) is 4. The Bertz CT molecular complexity index is 579. The van der Waals surface area contributed by atoms with Crippen molar-refractivity contribution in [2.75, 3.05) is 16.8 Å². The van der Waals surface area contributed by atoms with E-state index in [2.05, 4.69) is 5.32 Å². The summed E-state index contributed by atoms with van der Waals surface area (Å²) in [6, 6.07) is 7.13. The van der Waals surface area contributed by atoms with Gasteiger partial charge < -0.3 is 11.1 Å². The Morgan fingerprint density at radius 2 is 2.20 bits per heavy atom. The van der Waals surface area contributed by atoms with Gasteiger partial charge in [-0.1, -0.05) is 29.3 Å². The second-order valence-corrected chi connectivity index (χ2v) is 7.12. The van der Waals surface area contributed by atoms with Crippen molar-refractivity contribution in [2.45, 2.75) is 10.6 Å². The zero-order chi connectivity index (χ0) is 14.5. The fraction of sp³-hybridized carbons (Fsp3) is 0.154. The number of nitrogen functional groups attached to an aromatic ring is 1. The van der Waals surface area contributed by atoms with E-state index in [1.54, 1.807) is 35.2 Å². The number of benzene rings is 1. The van der Waals surface area contributed by atoms with E-state index in [-0.39, 0.29) is 5.91 Å². The van der Waals surface area contributed by atoms with Crippen molar-refractivity contribution in [1.29, 1.82) is 0 Å². The van der Waals surface area contributed by atoms with Gasteiger partial charge in [0.15, 0.2) is 0 Å². The molecule has 0 unspecified atom stereocenters. The fourth-order valence-corrected chi connectivity index (χ4v) is 3.87. The van der Waals surface area contributed by atoms with Crippen LogP contribution in [0.5, 0.6) is 0 Å². The van der Waals surface area contributed by atoms with Crippen LogP contribution in [0, 0.1) is 0 Å². The van der Waals surface area contributed by atoms with Crippen LogP contribution in [-0.2, 0) is 4.79 Å². The van der Waals surface area contributed by atoms with Gasteiger partial charge in [-0.25, -0.2) is 0 Å². The monoisotopic (exact) mass is 346 g/mol. The first-order valence-electron chi connectivity index (χ1n) is 5.77. The quantitative estimate of drug-likeness (QED) is 0.606. The van der Waals surface area contributed by atoms with Crippen molar-refractivity contribution >= 4 is 63.6 Å². The van der Waals surface area contributed by atoms with Crippen LogP contribution < -0.4 is 11.1 Å². The summed E-state index contributed by atoms with van der Waals surface area (Å²) in [6.07, 6.45) is 0.390. The van der Waals surface area contributed by atoms with E-state index in [0.29, 0.717) is 33.6 Å². The molecule has 0 bridgehead atoms. The average Bonchev–Trinajstić information content (AvgIpc) is 2.87. The van der Waals surface area contributed by atoms with Gasteiger partial charge in [-0.2, -0.15) is 0 Å². The number of thiophene rings is 1. The summed E-state index contributed by atoms with van der Waals surface area (Å²) in [4.78, 5) is 11.9. The molecule has 2 aromatic rings. The minimum absolute atomic E-state index is 0.120. The molecule has 0 aliphatic heterocycles. The van der Waals surface area contributed by atoms with Crippen LogP contribution in [0.2, 0.25) is 10.0 Å². The number of rotatable bonds is 5. The number of anilines is 2. The molecular weight excluding hydrogens is 335 g/mol. The highest BCUT2D eigenvalue weighted by Crippen LogP contribution is 2.32. The molecule has 0 saturated heterocycles. The van der Waals surface area contributed by atoms with E-state index in [0.717, 1.165) is 0 Å². The van der Waals surface area contributed by atoms with Crippen molar-refractivity contribution in [2.24, 2.45) is 0 Å². The summed E-state index contributed by atoms with van der Waals surface area (Å²) in [7, 11) is 0. The zero-order valence-corrected chi connectivity index (χ0v) is 13.5. The first kappa shape index (κ1) is 15.5. The molecule has 7 heteroatoms. The standard InChI is InChI=1S/C13H12Cl2N2OS2/c14-8-6-9(15)13(10(16)7-8)17-11(18)3-5-20-12-2-1-4-19-12/h1-2,4,6-7H,3,5,16H2,(H,17,18). The maximum absolute atomic E-state index is 11.9. The topological polar surface area (TPSA) is 55.1 Å². The molecule has 1 amide bonds. The van der Waals surface area contributed by atoms with Crippen molar-refractivity contribution in [3.8, 4) is 0 Å². The maximum atomic E-state index is 11.9. The minimum atomic E-state index is -0.120. The Balaban J connectivity index is 1.88. The van der Waals surface area contributed by atoms with Gasteiger partial charge in [-0.05, 0) is 23.6 Å². The number of nitrogens with one attached hydrogen (secondary N) is 1. The minimum Gasteiger partial charge on any atom is -0.397 e. The van der Waals surface area contributed by atoms with Crippen LogP contribution in [0.15, 0.2) is 33.9 Å². The molecule has 0 fully saturated rings. The summed E-state index contributed by atoms with van der Waals surface area (Å²) in [5, 5.41) is 5.52. The van der Waals surface area contributed by atoms with E-state index >= 15 is 0 Å². The molecule has 106 valence electrons. The molecule has 20 heavy (non-hydrogen) atoms. The van der Waals surface area contributed by atoms with Gasteiger partial charge in [0.25, 0.3) is 0 Å². The van der Waals surface area contributed by atoms with E-state index in [1.807, 2.05) is 17.5 Å². The molecule has 1 aromatic heterocycles. The third-order valence-electron chi connectivity index (χ3n) is 2.42. The Morgan fingerprint density at radius 1 is 1.40 bits per heavy atom. The van der Waals surface area contributed by atoms with Crippen LogP contribution in [0.1, 0.15) is 6.42 Å². The first-order valence-corrected chi connectivity index (χ1v) is 8.39. The fourth-order valence-electron chi connectivity index (χ4n) is 1.52. The third-order valence-corrected chi connectivity index (χ3v) is 5.07. The van der Waals surface area contributed by atoms with Gasteiger partial charge in [-0.15, -0.1) is 23.1 Å². The highest BCUT2D eigenvalue weighted by Gasteiger charge is 2.10. The van der Waals surface area contributed by atoms with Crippen molar-refractivity contribution in [3.63, 3.8) is 0 Å². The molecule has 0 aliphatic carbocycles. The lowest BCUT2D eigenvalue weighted by molar-refractivity contribution is -0.115. The number of hydrogen-bond donors (Lipinski definition) is 2. The third kappa shape index (κ3) is 4.31. The predicted molar refractivity (Wildman–Crippen MR) is 89.2 cm³/mol. The first-order chi connectivity index (χ1) is 9.56. The molecule has 2 rings (SSSR count). The largest absolute Gasteiger partial charge is 0.397 e. The SMILES string of the molecule is Nc1cc(Cl)cc(Cl)c1NC(=O)CCSc1cccs1. The van der Waals surface area contributed by atoms with Crippen LogP contribution in [-0.4, -0.2) is 11.7 Å². The van der Waals surface area contributed by atoms with Gasteiger partial charge in [0.05, 0.1) is 20.6 Å².